The van der Waals surface area contributed by atoms with E-state index in [0.29, 0.717) is 17.4 Å². The van der Waals surface area contributed by atoms with Crippen molar-refractivity contribution >= 4 is 32.3 Å². The van der Waals surface area contributed by atoms with Crippen LogP contribution in [0.15, 0.2) is 30.7 Å². The Morgan fingerprint density at radius 2 is 1.82 bits per heavy atom. The maximum atomic E-state index is 11.9. The second-order valence-corrected chi connectivity index (χ2v) is 13.3. The van der Waals surface area contributed by atoms with Gasteiger partial charge in [0.05, 0.1) is 41.2 Å². The fraction of sp³-hybridized carbons (Fsp3) is 0.583. The van der Waals surface area contributed by atoms with Gasteiger partial charge in [0.1, 0.15) is 5.69 Å². The summed E-state index contributed by atoms with van der Waals surface area (Å²) in [4.78, 5) is 2.37. The smallest absolute Gasteiger partial charge is 0.151 e. The molecule has 8 rings (SSSR count). The standard InChI is InChI=1S/C24H28ClN5O2S/c25-22-7-18-12-27-30(20-13-26-29(14-20)24-9-16(10-24)11-24)23(18)8-21(22)17-1-4-28(5-2-17)19-3-6-33(31,32)15-19/h7-8,12-14,16-17,19H,1-6,9-11,15H2/t16?,19-,24?/m0/s1. The van der Waals surface area contributed by atoms with E-state index >= 15 is 0 Å². The zero-order valence-corrected chi connectivity index (χ0v) is 20.1. The lowest BCUT2D eigenvalue weighted by molar-refractivity contribution is -0.0977. The minimum atomic E-state index is -2.85. The molecule has 5 aliphatic rings. The summed E-state index contributed by atoms with van der Waals surface area (Å²) >= 11 is 6.74. The monoisotopic (exact) mass is 485 g/mol. The van der Waals surface area contributed by atoms with E-state index in [-0.39, 0.29) is 11.6 Å². The second-order valence-electron chi connectivity index (χ2n) is 10.7. The van der Waals surface area contributed by atoms with Gasteiger partial charge >= 0.3 is 0 Å². The molecule has 0 spiro atoms. The maximum Gasteiger partial charge on any atom is 0.151 e. The molecule has 2 aromatic heterocycles. The Balaban J connectivity index is 1.14. The van der Waals surface area contributed by atoms with Gasteiger partial charge in [-0.2, -0.15) is 10.2 Å². The SMILES string of the molecule is O=S1(=O)CC[C@H](N2CCC(c3cc4c(cnn4-c4cnn(C56CC(C5)C6)c4)cc3Cl)CC2)C1. The van der Waals surface area contributed by atoms with Crippen molar-refractivity contribution in [2.45, 2.75) is 56.0 Å². The van der Waals surface area contributed by atoms with Crippen molar-refractivity contribution in [1.29, 1.82) is 0 Å². The van der Waals surface area contributed by atoms with Crippen LogP contribution >= 0.6 is 11.6 Å². The molecule has 4 heterocycles. The number of aromatic nitrogens is 4. The lowest BCUT2D eigenvalue weighted by Gasteiger charge is -2.61. The van der Waals surface area contributed by atoms with Gasteiger partial charge in [0.15, 0.2) is 9.84 Å². The van der Waals surface area contributed by atoms with Crippen LogP contribution < -0.4 is 0 Å². The van der Waals surface area contributed by atoms with Gasteiger partial charge in [-0.15, -0.1) is 0 Å². The van der Waals surface area contributed by atoms with Crippen LogP contribution in [0.4, 0.5) is 0 Å². The van der Waals surface area contributed by atoms with Crippen LogP contribution in [0.1, 0.15) is 50.0 Å². The van der Waals surface area contributed by atoms with Crippen LogP contribution in [0, 0.1) is 5.92 Å². The molecule has 33 heavy (non-hydrogen) atoms. The second kappa shape index (κ2) is 7.06. The molecule has 3 aliphatic carbocycles. The van der Waals surface area contributed by atoms with Crippen LogP contribution in [-0.4, -0.2) is 63.5 Å². The van der Waals surface area contributed by atoms with Crippen molar-refractivity contribution in [1.82, 2.24) is 24.5 Å². The molecule has 0 amide bonds. The number of piperidine rings is 1. The van der Waals surface area contributed by atoms with Gasteiger partial charge in [0.2, 0.25) is 0 Å². The summed E-state index contributed by atoms with van der Waals surface area (Å²) in [5.41, 5.74) is 3.51. The third-order valence-electron chi connectivity index (χ3n) is 8.69. The van der Waals surface area contributed by atoms with E-state index in [1.54, 1.807) is 0 Å². The van der Waals surface area contributed by atoms with E-state index in [4.69, 9.17) is 11.6 Å². The molecule has 1 atom stereocenters. The van der Waals surface area contributed by atoms with Gasteiger partial charge in [0, 0.05) is 16.5 Å². The lowest BCUT2D eigenvalue weighted by Crippen LogP contribution is -2.59. The molecule has 0 radical (unpaired) electrons. The van der Waals surface area contributed by atoms with Gasteiger partial charge in [-0.05, 0) is 81.1 Å². The summed E-state index contributed by atoms with van der Waals surface area (Å²) < 4.78 is 27.9. The minimum Gasteiger partial charge on any atom is -0.299 e. The number of hydrogen-bond acceptors (Lipinski definition) is 5. The predicted octanol–water partition coefficient (Wildman–Crippen LogP) is 3.75. The molecule has 2 bridgehead atoms. The van der Waals surface area contributed by atoms with E-state index in [9.17, 15) is 8.42 Å². The molecule has 9 heteroatoms. The summed E-state index contributed by atoms with van der Waals surface area (Å²) in [6, 6.07) is 4.44. The Morgan fingerprint density at radius 1 is 1.03 bits per heavy atom. The number of nitrogens with zero attached hydrogens (tertiary/aromatic N) is 5. The number of sulfone groups is 1. The van der Waals surface area contributed by atoms with Crippen LogP contribution in [0.3, 0.4) is 0 Å². The molecule has 7 nitrogen and oxygen atoms in total. The molecule has 3 aromatic rings. The van der Waals surface area contributed by atoms with E-state index in [1.807, 2.05) is 23.1 Å². The van der Waals surface area contributed by atoms with Crippen molar-refractivity contribution in [2.75, 3.05) is 24.6 Å². The molecule has 1 aromatic carbocycles. The highest BCUT2D eigenvalue weighted by molar-refractivity contribution is 7.91. The molecular weight excluding hydrogens is 458 g/mol. The molecule has 0 N–H and O–H groups in total. The first kappa shape index (κ1) is 20.5. The van der Waals surface area contributed by atoms with Crippen LogP contribution in [0.5, 0.6) is 0 Å². The number of halogens is 1. The lowest BCUT2D eigenvalue weighted by atomic mass is 9.50. The molecule has 2 aliphatic heterocycles. The topological polar surface area (TPSA) is 73.0 Å². The average molecular weight is 486 g/mol. The number of likely N-dealkylation sites (tertiary alicyclic amines) is 1. The molecule has 5 fully saturated rings. The van der Waals surface area contributed by atoms with Gasteiger partial charge in [-0.1, -0.05) is 11.6 Å². The summed E-state index contributed by atoms with van der Waals surface area (Å²) in [5, 5.41) is 11.2. The normalized spacial score (nSPS) is 31.5. The van der Waals surface area contributed by atoms with E-state index in [1.165, 1.54) is 24.8 Å². The Kier molecular flexibility index (Phi) is 4.38. The molecule has 2 saturated heterocycles. The zero-order valence-electron chi connectivity index (χ0n) is 18.5. The fourth-order valence-corrected chi connectivity index (χ4v) is 8.70. The first-order valence-electron chi connectivity index (χ1n) is 12.1. The van der Waals surface area contributed by atoms with Gasteiger partial charge < -0.3 is 0 Å². The summed E-state index contributed by atoms with van der Waals surface area (Å²) in [6.07, 6.45) is 12.5. The van der Waals surface area contributed by atoms with Crippen LogP contribution in [0.25, 0.3) is 16.6 Å². The first-order valence-corrected chi connectivity index (χ1v) is 14.3. The van der Waals surface area contributed by atoms with Gasteiger partial charge in [0.25, 0.3) is 0 Å². The fourth-order valence-electron chi connectivity index (χ4n) is 6.62. The third kappa shape index (κ3) is 3.21. The maximum absolute atomic E-state index is 11.9. The first-order chi connectivity index (χ1) is 15.9. The van der Waals surface area contributed by atoms with Crippen molar-refractivity contribution in [3.05, 3.63) is 41.3 Å². The van der Waals surface area contributed by atoms with Crippen molar-refractivity contribution in [2.24, 2.45) is 5.92 Å². The van der Waals surface area contributed by atoms with E-state index < -0.39 is 9.84 Å². The number of benzene rings is 1. The molecule has 3 saturated carbocycles. The molecular formula is C24H28ClN5O2S. The molecule has 174 valence electrons. The zero-order chi connectivity index (χ0) is 22.4. The predicted molar refractivity (Wildman–Crippen MR) is 128 cm³/mol. The van der Waals surface area contributed by atoms with Crippen molar-refractivity contribution < 1.29 is 8.42 Å². The summed E-state index contributed by atoms with van der Waals surface area (Å²) in [7, 11) is -2.85. The van der Waals surface area contributed by atoms with Gasteiger partial charge in [-0.25, -0.2) is 13.1 Å². The number of fused-ring (bicyclic) bond motifs is 1. The summed E-state index contributed by atoms with van der Waals surface area (Å²) in [6.45, 7) is 1.85. The van der Waals surface area contributed by atoms with Gasteiger partial charge in [-0.3, -0.25) is 9.58 Å². The highest BCUT2D eigenvalue weighted by Crippen LogP contribution is 2.62. The van der Waals surface area contributed by atoms with E-state index in [2.05, 4.69) is 32.0 Å². The Morgan fingerprint density at radius 3 is 2.48 bits per heavy atom. The van der Waals surface area contributed by atoms with Crippen LogP contribution in [-0.2, 0) is 15.4 Å². The Labute approximate surface area is 198 Å². The summed E-state index contributed by atoms with van der Waals surface area (Å²) in [5.74, 6) is 1.95. The number of hydrogen-bond donors (Lipinski definition) is 0. The largest absolute Gasteiger partial charge is 0.299 e. The quantitative estimate of drug-likeness (QED) is 0.562. The van der Waals surface area contributed by atoms with E-state index in [0.717, 1.165) is 59.9 Å². The van der Waals surface area contributed by atoms with Crippen molar-refractivity contribution in [3.8, 4) is 5.69 Å². The Bertz CT molecular complexity index is 1340. The Hall–Kier alpha value is -1.90. The average Bonchev–Trinajstić information content (AvgIpc) is 3.43. The van der Waals surface area contributed by atoms with Crippen molar-refractivity contribution in [3.63, 3.8) is 0 Å². The third-order valence-corrected chi connectivity index (χ3v) is 10.8. The number of rotatable bonds is 4. The highest BCUT2D eigenvalue weighted by atomic mass is 35.5. The van der Waals surface area contributed by atoms with Crippen LogP contribution in [0.2, 0.25) is 5.02 Å². The minimum absolute atomic E-state index is 0.188. The molecule has 0 unspecified atom stereocenters. The highest BCUT2D eigenvalue weighted by Gasteiger charge is 2.58.